The zero-order valence-corrected chi connectivity index (χ0v) is 16.0. The molecule has 26 heavy (non-hydrogen) atoms. The van der Waals surface area contributed by atoms with Crippen LogP contribution < -0.4 is 10.2 Å². The van der Waals surface area contributed by atoms with Crippen LogP contribution in [0.25, 0.3) is 0 Å². The Kier molecular flexibility index (Phi) is 6.19. The average molecular weight is 377 g/mol. The Hall–Kier alpha value is -2.02. The average Bonchev–Trinajstić information content (AvgIpc) is 3.02. The number of guanidine groups is 1. The predicted octanol–water partition coefficient (Wildman–Crippen LogP) is 1.37. The molecular weight excluding hydrogens is 348 g/mol. The highest BCUT2D eigenvalue weighted by atomic mass is 32.2. The second kappa shape index (κ2) is 8.58. The van der Waals surface area contributed by atoms with Gasteiger partial charge in [0.05, 0.1) is 11.5 Å². The molecule has 142 valence electrons. The van der Waals surface area contributed by atoms with Crippen LogP contribution in [0.15, 0.2) is 48.0 Å². The summed E-state index contributed by atoms with van der Waals surface area (Å²) in [6.45, 7) is 8.64. The number of rotatable bonds is 5. The quantitative estimate of drug-likeness (QED) is 0.478. The van der Waals surface area contributed by atoms with E-state index in [4.69, 9.17) is 4.99 Å². The fourth-order valence-electron chi connectivity index (χ4n) is 3.48. The molecule has 7 heteroatoms. The third kappa shape index (κ3) is 5.00. The van der Waals surface area contributed by atoms with Gasteiger partial charge in [0.1, 0.15) is 0 Å². The first-order valence-corrected chi connectivity index (χ1v) is 11.0. The monoisotopic (exact) mass is 376 g/mol. The number of para-hydroxylation sites is 1. The number of nitrogens with zero attached hydrogens (tertiary/aromatic N) is 3. The lowest BCUT2D eigenvalue weighted by Gasteiger charge is -2.37. The molecule has 2 saturated heterocycles. The number of piperazine rings is 1. The smallest absolute Gasteiger partial charge is 0.194 e. The summed E-state index contributed by atoms with van der Waals surface area (Å²) in [5.74, 6) is 1.58. The van der Waals surface area contributed by atoms with Crippen molar-refractivity contribution in [2.24, 2.45) is 10.9 Å². The van der Waals surface area contributed by atoms with Crippen LogP contribution in [-0.2, 0) is 9.84 Å². The molecule has 1 unspecified atom stereocenters. The molecule has 2 aliphatic heterocycles. The van der Waals surface area contributed by atoms with Gasteiger partial charge in [-0.3, -0.25) is 4.99 Å². The largest absolute Gasteiger partial charge is 0.368 e. The first-order chi connectivity index (χ1) is 12.6. The summed E-state index contributed by atoms with van der Waals surface area (Å²) >= 11 is 0. The van der Waals surface area contributed by atoms with Crippen LogP contribution in [-0.4, -0.2) is 70.1 Å². The van der Waals surface area contributed by atoms with E-state index in [0.717, 1.165) is 38.6 Å². The van der Waals surface area contributed by atoms with E-state index in [-0.39, 0.29) is 11.7 Å². The van der Waals surface area contributed by atoms with E-state index < -0.39 is 9.84 Å². The van der Waals surface area contributed by atoms with Gasteiger partial charge in [-0.05, 0) is 24.5 Å². The van der Waals surface area contributed by atoms with Crippen LogP contribution in [0.5, 0.6) is 0 Å². The van der Waals surface area contributed by atoms with Crippen LogP contribution in [0.1, 0.15) is 6.42 Å². The minimum Gasteiger partial charge on any atom is -0.368 e. The van der Waals surface area contributed by atoms with Crippen LogP contribution >= 0.6 is 0 Å². The summed E-state index contributed by atoms with van der Waals surface area (Å²) in [6.07, 6.45) is 2.54. The normalized spacial score (nSPS) is 23.1. The van der Waals surface area contributed by atoms with E-state index in [1.807, 2.05) is 12.1 Å². The Morgan fingerprint density at radius 3 is 2.58 bits per heavy atom. The molecule has 0 bridgehead atoms. The summed E-state index contributed by atoms with van der Waals surface area (Å²) in [5, 5.41) is 3.33. The molecule has 2 aliphatic rings. The van der Waals surface area contributed by atoms with Crippen LogP contribution in [0.3, 0.4) is 0 Å². The molecule has 0 amide bonds. The molecular formula is C19H28N4O2S. The predicted molar refractivity (Wildman–Crippen MR) is 107 cm³/mol. The maximum atomic E-state index is 11.6. The molecule has 0 saturated carbocycles. The number of sulfone groups is 1. The molecule has 3 rings (SSSR count). The molecule has 0 radical (unpaired) electrons. The molecule has 0 aliphatic carbocycles. The maximum absolute atomic E-state index is 11.6. The second-order valence-corrected chi connectivity index (χ2v) is 9.14. The standard InChI is InChI=1S/C19H28N4O2S/c1-2-9-20-19(21-15-17-8-14-26(24,25)16-17)23-12-10-22(11-13-23)18-6-4-3-5-7-18/h2-7,17H,1,8-16H2,(H,20,21). The highest BCUT2D eigenvalue weighted by Gasteiger charge is 2.28. The molecule has 6 nitrogen and oxygen atoms in total. The summed E-state index contributed by atoms with van der Waals surface area (Å²) in [6, 6.07) is 10.4. The summed E-state index contributed by atoms with van der Waals surface area (Å²) < 4.78 is 23.3. The van der Waals surface area contributed by atoms with Crippen molar-refractivity contribution >= 4 is 21.5 Å². The van der Waals surface area contributed by atoms with Crippen molar-refractivity contribution in [2.75, 3.05) is 55.7 Å². The number of nitrogens with one attached hydrogen (secondary N) is 1. The molecule has 1 aromatic carbocycles. The van der Waals surface area contributed by atoms with E-state index in [0.29, 0.717) is 18.8 Å². The summed E-state index contributed by atoms with van der Waals surface area (Å²) in [5.41, 5.74) is 1.25. The Balaban J connectivity index is 1.59. The van der Waals surface area contributed by atoms with E-state index in [9.17, 15) is 8.42 Å². The molecule has 1 N–H and O–H groups in total. The third-order valence-electron chi connectivity index (χ3n) is 4.93. The number of hydrogen-bond donors (Lipinski definition) is 1. The van der Waals surface area contributed by atoms with Gasteiger partial charge in [-0.25, -0.2) is 8.42 Å². The summed E-state index contributed by atoms with van der Waals surface area (Å²) in [7, 11) is -2.85. The molecule has 2 fully saturated rings. The first kappa shape index (κ1) is 18.8. The van der Waals surface area contributed by atoms with E-state index in [1.165, 1.54) is 5.69 Å². The third-order valence-corrected chi connectivity index (χ3v) is 6.77. The van der Waals surface area contributed by atoms with Crippen molar-refractivity contribution in [1.82, 2.24) is 10.2 Å². The van der Waals surface area contributed by atoms with Gasteiger partial charge in [0, 0.05) is 45.0 Å². The lowest BCUT2D eigenvalue weighted by molar-refractivity contribution is 0.372. The van der Waals surface area contributed by atoms with Crippen LogP contribution in [0.4, 0.5) is 5.69 Å². The van der Waals surface area contributed by atoms with Gasteiger partial charge in [0.15, 0.2) is 15.8 Å². The number of hydrogen-bond acceptors (Lipinski definition) is 4. The van der Waals surface area contributed by atoms with Crippen molar-refractivity contribution in [2.45, 2.75) is 6.42 Å². The van der Waals surface area contributed by atoms with E-state index in [1.54, 1.807) is 0 Å². The van der Waals surface area contributed by atoms with Crippen molar-refractivity contribution in [3.63, 3.8) is 0 Å². The fraction of sp³-hybridized carbons (Fsp3) is 0.526. The summed E-state index contributed by atoms with van der Waals surface area (Å²) in [4.78, 5) is 9.37. The minimum absolute atomic E-state index is 0.145. The van der Waals surface area contributed by atoms with Gasteiger partial charge < -0.3 is 15.1 Å². The van der Waals surface area contributed by atoms with Gasteiger partial charge in [-0.1, -0.05) is 24.3 Å². The minimum atomic E-state index is -2.85. The van der Waals surface area contributed by atoms with Crippen molar-refractivity contribution in [3.05, 3.63) is 43.0 Å². The van der Waals surface area contributed by atoms with Crippen LogP contribution in [0.2, 0.25) is 0 Å². The molecule has 0 spiro atoms. The zero-order valence-electron chi connectivity index (χ0n) is 15.2. The lowest BCUT2D eigenvalue weighted by Crippen LogP contribution is -2.52. The van der Waals surface area contributed by atoms with Gasteiger partial charge in [0.25, 0.3) is 0 Å². The Labute approximate surface area is 156 Å². The number of aliphatic imine (C=N–C) groups is 1. The number of benzene rings is 1. The molecule has 0 aromatic heterocycles. The second-order valence-electron chi connectivity index (χ2n) is 6.91. The maximum Gasteiger partial charge on any atom is 0.194 e. The Morgan fingerprint density at radius 1 is 1.23 bits per heavy atom. The first-order valence-electron chi connectivity index (χ1n) is 9.22. The Morgan fingerprint density at radius 2 is 1.96 bits per heavy atom. The number of anilines is 1. The highest BCUT2D eigenvalue weighted by molar-refractivity contribution is 7.91. The molecule has 2 heterocycles. The van der Waals surface area contributed by atoms with E-state index >= 15 is 0 Å². The van der Waals surface area contributed by atoms with Gasteiger partial charge >= 0.3 is 0 Å². The lowest BCUT2D eigenvalue weighted by atomic mass is 10.1. The Bertz CT molecular complexity index is 725. The van der Waals surface area contributed by atoms with Crippen molar-refractivity contribution in [3.8, 4) is 0 Å². The van der Waals surface area contributed by atoms with Gasteiger partial charge in [0.2, 0.25) is 0 Å². The van der Waals surface area contributed by atoms with E-state index in [2.05, 4.69) is 46.0 Å². The van der Waals surface area contributed by atoms with Gasteiger partial charge in [-0.15, -0.1) is 6.58 Å². The fourth-order valence-corrected chi connectivity index (χ4v) is 5.33. The van der Waals surface area contributed by atoms with Crippen molar-refractivity contribution < 1.29 is 8.42 Å². The van der Waals surface area contributed by atoms with Crippen LogP contribution in [0, 0.1) is 5.92 Å². The molecule has 1 atom stereocenters. The van der Waals surface area contributed by atoms with Gasteiger partial charge in [-0.2, -0.15) is 0 Å². The van der Waals surface area contributed by atoms with Crippen molar-refractivity contribution in [1.29, 1.82) is 0 Å². The highest BCUT2D eigenvalue weighted by Crippen LogP contribution is 2.19. The molecule has 1 aromatic rings. The zero-order chi connectivity index (χ0) is 18.4. The topological polar surface area (TPSA) is 65.0 Å². The SMILES string of the molecule is C=CCNC(=NCC1CCS(=O)(=O)C1)N1CCN(c2ccccc2)CC1.